The van der Waals surface area contributed by atoms with Gasteiger partial charge in [-0.1, -0.05) is 36.1 Å². The monoisotopic (exact) mass is 338 g/mol. The first-order chi connectivity index (χ1) is 11.1. The van der Waals surface area contributed by atoms with E-state index in [1.165, 1.54) is 42.1 Å². The number of rotatable bonds is 1. The molecule has 23 heavy (non-hydrogen) atoms. The molecule has 0 nitrogen and oxygen atoms in total. The summed E-state index contributed by atoms with van der Waals surface area (Å²) < 4.78 is 0. The Morgan fingerprint density at radius 2 is 1.65 bits per heavy atom. The summed E-state index contributed by atoms with van der Waals surface area (Å²) in [5.74, 6) is 7.29. The van der Waals surface area contributed by atoms with E-state index < -0.39 is 0 Å². The van der Waals surface area contributed by atoms with E-state index in [-0.39, 0.29) is 0 Å². The van der Waals surface area contributed by atoms with Crippen molar-refractivity contribution in [3.05, 3.63) is 64.7 Å². The van der Waals surface area contributed by atoms with Crippen molar-refractivity contribution in [2.24, 2.45) is 0 Å². The second-order valence-corrected chi connectivity index (χ2v) is 7.72. The summed E-state index contributed by atoms with van der Waals surface area (Å²) in [6.45, 7) is 2.11. The van der Waals surface area contributed by atoms with E-state index in [1.54, 1.807) is 0 Å². The van der Waals surface area contributed by atoms with Crippen LogP contribution in [0.15, 0.2) is 42.5 Å². The smallest absolute Gasteiger partial charge is 0.0323 e. The lowest BCUT2D eigenvalue weighted by Crippen LogP contribution is -2.12. The highest BCUT2D eigenvalue weighted by Gasteiger charge is 2.19. The zero-order chi connectivity index (χ0) is 16.2. The topological polar surface area (TPSA) is 0 Å². The first kappa shape index (κ1) is 16.6. The number of benzene rings is 2. The van der Waals surface area contributed by atoms with E-state index >= 15 is 0 Å². The summed E-state index contributed by atoms with van der Waals surface area (Å²) in [5, 5.41) is 1.80. The Kier molecular flexibility index (Phi) is 5.47. The molecule has 2 aromatic rings. The molecular formula is C21H23PS. The Morgan fingerprint density at radius 3 is 2.35 bits per heavy atom. The third-order valence-corrected chi connectivity index (χ3v) is 6.03. The number of hydrogen-bond donors (Lipinski definition) is 1. The third kappa shape index (κ3) is 4.20. The Labute approximate surface area is 147 Å². The first-order valence-corrected chi connectivity index (χ1v) is 9.38. The molecule has 1 aliphatic rings. The standard InChI is InChI=1S/C21H23PS/c1-15-3-2-4-19(21(15)22)10-7-16-5-8-17(9-6-16)18-11-13-20(23)14-12-18/h2-6,8-9,18,20,23H,11-14,22H2,1H3. The van der Waals surface area contributed by atoms with Crippen LogP contribution in [0.25, 0.3) is 0 Å². The molecule has 0 N–H and O–H groups in total. The maximum Gasteiger partial charge on any atom is 0.0323 e. The zero-order valence-electron chi connectivity index (χ0n) is 13.5. The molecule has 1 fully saturated rings. The van der Waals surface area contributed by atoms with Crippen molar-refractivity contribution in [1.82, 2.24) is 0 Å². The van der Waals surface area contributed by atoms with Crippen LogP contribution in [0, 0.1) is 18.8 Å². The molecule has 0 bridgehead atoms. The zero-order valence-corrected chi connectivity index (χ0v) is 15.6. The lowest BCUT2D eigenvalue weighted by Gasteiger charge is -2.25. The largest absolute Gasteiger partial charge is 0.176 e. The first-order valence-electron chi connectivity index (χ1n) is 8.28. The van der Waals surface area contributed by atoms with Gasteiger partial charge in [0.15, 0.2) is 0 Å². The lowest BCUT2D eigenvalue weighted by atomic mass is 9.83. The van der Waals surface area contributed by atoms with Crippen molar-refractivity contribution in [1.29, 1.82) is 0 Å². The van der Waals surface area contributed by atoms with E-state index in [4.69, 9.17) is 0 Å². The minimum atomic E-state index is 0.604. The summed E-state index contributed by atoms with van der Waals surface area (Å²) >= 11 is 4.59. The van der Waals surface area contributed by atoms with Crippen molar-refractivity contribution < 1.29 is 0 Å². The molecule has 118 valence electrons. The van der Waals surface area contributed by atoms with Crippen LogP contribution in [0.2, 0.25) is 0 Å². The Hall–Kier alpha value is -1.22. The van der Waals surface area contributed by atoms with Crippen molar-refractivity contribution in [2.75, 3.05) is 0 Å². The van der Waals surface area contributed by atoms with E-state index in [2.05, 4.69) is 83.1 Å². The maximum absolute atomic E-state index is 4.59. The van der Waals surface area contributed by atoms with Crippen molar-refractivity contribution in [3.63, 3.8) is 0 Å². The summed E-state index contributed by atoms with van der Waals surface area (Å²) in [7, 11) is 2.79. The second kappa shape index (κ2) is 7.57. The Morgan fingerprint density at radius 1 is 0.957 bits per heavy atom. The Bertz CT molecular complexity index is 729. The molecule has 1 unspecified atom stereocenters. The minimum Gasteiger partial charge on any atom is -0.176 e. The molecule has 0 radical (unpaired) electrons. The normalized spacial score (nSPS) is 20.7. The third-order valence-electron chi connectivity index (χ3n) is 4.74. The number of thiol groups is 1. The average Bonchev–Trinajstić information content (AvgIpc) is 2.57. The number of aryl methyl sites for hydroxylation is 1. The van der Waals surface area contributed by atoms with Gasteiger partial charge >= 0.3 is 0 Å². The molecular weight excluding hydrogens is 315 g/mol. The fraction of sp³-hybridized carbons (Fsp3) is 0.333. The van der Waals surface area contributed by atoms with E-state index in [0.717, 1.165) is 11.1 Å². The quantitative estimate of drug-likeness (QED) is 0.429. The molecule has 0 saturated heterocycles. The molecule has 0 aliphatic heterocycles. The van der Waals surface area contributed by atoms with Crippen LogP contribution in [0.5, 0.6) is 0 Å². The Balaban J connectivity index is 1.73. The van der Waals surface area contributed by atoms with Crippen LogP contribution in [0.4, 0.5) is 0 Å². The van der Waals surface area contributed by atoms with Crippen molar-refractivity contribution in [3.8, 4) is 11.8 Å². The van der Waals surface area contributed by atoms with E-state index in [0.29, 0.717) is 11.2 Å². The fourth-order valence-corrected chi connectivity index (χ4v) is 3.74. The van der Waals surface area contributed by atoms with Gasteiger partial charge in [0.25, 0.3) is 0 Å². The van der Waals surface area contributed by atoms with Crippen LogP contribution in [0.1, 0.15) is 53.9 Å². The van der Waals surface area contributed by atoms with Crippen LogP contribution >= 0.6 is 21.9 Å². The number of hydrogen-bond acceptors (Lipinski definition) is 1. The fourth-order valence-electron chi connectivity index (χ4n) is 3.18. The second-order valence-electron chi connectivity index (χ2n) is 6.41. The molecule has 3 rings (SSSR count). The van der Waals surface area contributed by atoms with Crippen molar-refractivity contribution in [2.45, 2.75) is 43.8 Å². The highest BCUT2D eigenvalue weighted by Crippen LogP contribution is 2.34. The molecule has 0 amide bonds. The molecule has 2 aromatic carbocycles. The van der Waals surface area contributed by atoms with Gasteiger partial charge < -0.3 is 0 Å². The van der Waals surface area contributed by atoms with Crippen LogP contribution < -0.4 is 5.30 Å². The van der Waals surface area contributed by atoms with Crippen LogP contribution in [-0.4, -0.2) is 5.25 Å². The predicted octanol–water partition coefficient (Wildman–Crippen LogP) is 4.85. The molecule has 1 aliphatic carbocycles. The van der Waals surface area contributed by atoms with Gasteiger partial charge in [0, 0.05) is 16.4 Å². The van der Waals surface area contributed by atoms with Gasteiger partial charge in [0.1, 0.15) is 0 Å². The van der Waals surface area contributed by atoms with E-state index in [1.807, 2.05) is 0 Å². The molecule has 2 heteroatoms. The van der Waals surface area contributed by atoms with Gasteiger partial charge in [-0.3, -0.25) is 0 Å². The SMILES string of the molecule is Cc1cccc(C#Cc2ccc(C3CCC(S)CC3)cc2)c1P. The van der Waals surface area contributed by atoms with Gasteiger partial charge in [-0.2, -0.15) is 12.6 Å². The van der Waals surface area contributed by atoms with Gasteiger partial charge in [-0.15, -0.1) is 9.24 Å². The average molecular weight is 338 g/mol. The maximum atomic E-state index is 4.59. The highest BCUT2D eigenvalue weighted by molar-refractivity contribution is 7.80. The molecule has 1 saturated carbocycles. The molecule has 0 heterocycles. The summed E-state index contributed by atoms with van der Waals surface area (Å²) in [5.41, 5.74) is 4.89. The summed E-state index contributed by atoms with van der Waals surface area (Å²) in [4.78, 5) is 0. The van der Waals surface area contributed by atoms with Gasteiger partial charge in [-0.05, 0) is 73.2 Å². The molecule has 1 atom stereocenters. The molecule has 0 aromatic heterocycles. The highest BCUT2D eigenvalue weighted by atomic mass is 32.1. The van der Waals surface area contributed by atoms with Gasteiger partial charge in [0.2, 0.25) is 0 Å². The summed E-state index contributed by atoms with van der Waals surface area (Å²) in [6.07, 6.45) is 5.00. The lowest BCUT2D eigenvalue weighted by molar-refractivity contribution is 0.454. The van der Waals surface area contributed by atoms with E-state index in [9.17, 15) is 0 Å². The summed E-state index contributed by atoms with van der Waals surface area (Å²) in [6, 6.07) is 15.1. The van der Waals surface area contributed by atoms with Gasteiger partial charge in [-0.25, -0.2) is 0 Å². The predicted molar refractivity (Wildman–Crippen MR) is 107 cm³/mol. The molecule has 0 spiro atoms. The van der Waals surface area contributed by atoms with Crippen molar-refractivity contribution >= 4 is 27.2 Å². The van der Waals surface area contributed by atoms with Crippen LogP contribution in [0.3, 0.4) is 0 Å². The van der Waals surface area contributed by atoms with Crippen LogP contribution in [-0.2, 0) is 0 Å². The van der Waals surface area contributed by atoms with Gasteiger partial charge in [0.05, 0.1) is 0 Å². The minimum absolute atomic E-state index is 0.604.